The lowest BCUT2D eigenvalue weighted by atomic mass is 9.96. The van der Waals surface area contributed by atoms with Crippen molar-refractivity contribution in [3.63, 3.8) is 0 Å². The van der Waals surface area contributed by atoms with E-state index in [0.717, 1.165) is 16.7 Å². The van der Waals surface area contributed by atoms with Crippen LogP contribution in [0.4, 0.5) is 15.8 Å². The van der Waals surface area contributed by atoms with E-state index in [9.17, 15) is 14.0 Å². The molecule has 0 saturated heterocycles. The molecule has 0 amide bonds. The number of carboxylic acid groups (broad SMARTS) is 1. The van der Waals surface area contributed by atoms with Gasteiger partial charge in [0.25, 0.3) is 5.56 Å². The van der Waals surface area contributed by atoms with E-state index in [1.807, 2.05) is 0 Å². The number of hydrogen-bond donors (Lipinski definition) is 2. The maximum absolute atomic E-state index is 13.7. The van der Waals surface area contributed by atoms with Crippen LogP contribution >= 0.6 is 0 Å². The fourth-order valence-electron chi connectivity index (χ4n) is 1.68. The molecule has 0 unspecified atom stereocenters. The van der Waals surface area contributed by atoms with E-state index in [4.69, 9.17) is 13.0 Å². The van der Waals surface area contributed by atoms with Gasteiger partial charge in [0, 0.05) is 19.3 Å². The number of aromatic carboxylic acids is 1. The highest BCUT2D eigenvalue weighted by Crippen LogP contribution is 2.21. The number of aryl methyl sites for hydroxylation is 1. The fraction of sp³-hybridized carbons (Fsp3) is 0.0769. The summed E-state index contributed by atoms with van der Waals surface area (Å²) in [5, 5.41) is 11.7. The Morgan fingerprint density at radius 3 is 2.65 bits per heavy atom. The molecule has 2 N–H and O–H groups in total. The zero-order valence-corrected chi connectivity index (χ0v) is 10.6. The third-order valence-corrected chi connectivity index (χ3v) is 2.72. The van der Waals surface area contributed by atoms with Gasteiger partial charge in [0.15, 0.2) is 0 Å². The minimum atomic E-state index is -1.22. The maximum atomic E-state index is 13.7. The van der Waals surface area contributed by atoms with Crippen LogP contribution in [-0.2, 0) is 7.05 Å². The Morgan fingerprint density at radius 1 is 1.35 bits per heavy atom. The predicted octanol–water partition coefficient (Wildman–Crippen LogP) is 0.760. The number of pyridine rings is 1. The van der Waals surface area contributed by atoms with Gasteiger partial charge in [-0.1, -0.05) is 11.5 Å². The van der Waals surface area contributed by atoms with E-state index in [0.29, 0.717) is 0 Å². The molecule has 0 aliphatic rings. The summed E-state index contributed by atoms with van der Waals surface area (Å²) in [4.78, 5) is 22.7. The minimum absolute atomic E-state index is 0.0178. The summed E-state index contributed by atoms with van der Waals surface area (Å²) in [6.07, 6.45) is 1.17. The fourth-order valence-corrected chi connectivity index (χ4v) is 1.68. The van der Waals surface area contributed by atoms with Crippen molar-refractivity contribution >= 4 is 30.7 Å². The largest absolute Gasteiger partial charge is 0.478 e. The first-order valence-corrected chi connectivity index (χ1v) is 5.64. The molecule has 0 saturated carbocycles. The molecule has 0 spiro atoms. The van der Waals surface area contributed by atoms with Gasteiger partial charge in [-0.15, -0.1) is 0 Å². The average Bonchev–Trinajstić information content (AvgIpc) is 2.36. The van der Waals surface area contributed by atoms with Crippen molar-refractivity contribution in [2.24, 2.45) is 7.05 Å². The number of carboxylic acids is 1. The summed E-state index contributed by atoms with van der Waals surface area (Å²) in [6, 6.07) is 5.03. The van der Waals surface area contributed by atoms with E-state index in [1.54, 1.807) is 0 Å². The van der Waals surface area contributed by atoms with Crippen LogP contribution in [0, 0.1) is 5.82 Å². The molecular formula is C13H10BFN2O3. The second-order valence-electron chi connectivity index (χ2n) is 4.22. The zero-order valence-electron chi connectivity index (χ0n) is 10.6. The maximum Gasteiger partial charge on any atom is 0.339 e. The van der Waals surface area contributed by atoms with E-state index in [2.05, 4.69) is 5.32 Å². The first kappa shape index (κ1) is 13.9. The highest BCUT2D eigenvalue weighted by molar-refractivity contribution is 6.32. The van der Waals surface area contributed by atoms with Gasteiger partial charge < -0.3 is 15.0 Å². The van der Waals surface area contributed by atoms with Crippen LogP contribution in [0.25, 0.3) is 0 Å². The number of carbonyl (C=O) groups is 1. The van der Waals surface area contributed by atoms with Crippen LogP contribution in [0.15, 0.2) is 35.3 Å². The van der Waals surface area contributed by atoms with E-state index < -0.39 is 17.3 Å². The van der Waals surface area contributed by atoms with E-state index in [1.165, 1.54) is 25.4 Å². The van der Waals surface area contributed by atoms with Crippen LogP contribution in [-0.4, -0.2) is 23.5 Å². The SMILES string of the molecule is [B]c1ccc(Nc2cc(=O)n(C)cc2C(=O)O)c(F)c1. The molecule has 1 aromatic carbocycles. The van der Waals surface area contributed by atoms with Crippen molar-refractivity contribution in [2.75, 3.05) is 5.32 Å². The number of nitrogens with zero attached hydrogens (tertiary/aromatic N) is 1. The molecule has 20 heavy (non-hydrogen) atoms. The van der Waals surface area contributed by atoms with E-state index in [-0.39, 0.29) is 22.4 Å². The summed E-state index contributed by atoms with van der Waals surface area (Å²) in [5.41, 5.74) is -0.244. The number of hydrogen-bond acceptors (Lipinski definition) is 3. The molecule has 0 aliphatic carbocycles. The first-order chi connectivity index (χ1) is 9.38. The molecule has 0 fully saturated rings. The molecule has 1 heterocycles. The van der Waals surface area contributed by atoms with Gasteiger partial charge in [-0.2, -0.15) is 0 Å². The molecule has 0 bridgehead atoms. The molecule has 5 nitrogen and oxygen atoms in total. The number of nitrogens with one attached hydrogen (secondary N) is 1. The Balaban J connectivity index is 2.50. The lowest BCUT2D eigenvalue weighted by molar-refractivity contribution is 0.0697. The third kappa shape index (κ3) is 2.71. The number of aromatic nitrogens is 1. The third-order valence-electron chi connectivity index (χ3n) is 2.72. The first-order valence-electron chi connectivity index (χ1n) is 5.64. The zero-order chi connectivity index (χ0) is 14.9. The monoisotopic (exact) mass is 272 g/mol. The second kappa shape index (κ2) is 5.20. The van der Waals surface area contributed by atoms with Crippen LogP contribution in [0.3, 0.4) is 0 Å². The molecule has 7 heteroatoms. The van der Waals surface area contributed by atoms with Gasteiger partial charge in [-0.05, 0) is 12.1 Å². The van der Waals surface area contributed by atoms with E-state index >= 15 is 0 Å². The van der Waals surface area contributed by atoms with Crippen molar-refractivity contribution < 1.29 is 14.3 Å². The normalized spacial score (nSPS) is 10.3. The number of rotatable bonds is 3. The molecule has 0 atom stereocenters. The summed E-state index contributed by atoms with van der Waals surface area (Å²) in [7, 11) is 6.86. The average molecular weight is 272 g/mol. The second-order valence-corrected chi connectivity index (χ2v) is 4.22. The molecule has 100 valence electrons. The predicted molar refractivity (Wildman–Crippen MR) is 73.7 cm³/mol. The highest BCUT2D eigenvalue weighted by Gasteiger charge is 2.13. The number of halogens is 1. The Kier molecular flexibility index (Phi) is 3.60. The number of benzene rings is 1. The van der Waals surface area contributed by atoms with Crippen LogP contribution in [0.2, 0.25) is 0 Å². The van der Waals surface area contributed by atoms with Gasteiger partial charge >= 0.3 is 5.97 Å². The Hall–Kier alpha value is -2.57. The lowest BCUT2D eigenvalue weighted by Gasteiger charge is -2.11. The molecule has 2 rings (SSSR count). The van der Waals surface area contributed by atoms with Gasteiger partial charge in [-0.25, -0.2) is 9.18 Å². The molecular weight excluding hydrogens is 262 g/mol. The Morgan fingerprint density at radius 2 is 2.05 bits per heavy atom. The summed E-state index contributed by atoms with van der Waals surface area (Å²) >= 11 is 0. The minimum Gasteiger partial charge on any atom is -0.478 e. The topological polar surface area (TPSA) is 71.3 Å². The van der Waals surface area contributed by atoms with Crippen LogP contribution in [0.5, 0.6) is 0 Å². The van der Waals surface area contributed by atoms with Gasteiger partial charge in [0.1, 0.15) is 13.7 Å². The molecule has 2 radical (unpaired) electrons. The Labute approximate surface area is 115 Å². The highest BCUT2D eigenvalue weighted by atomic mass is 19.1. The summed E-state index contributed by atoms with van der Waals surface area (Å²) in [5.74, 6) is -1.86. The van der Waals surface area contributed by atoms with Crippen LogP contribution in [0.1, 0.15) is 10.4 Å². The van der Waals surface area contributed by atoms with Crippen molar-refractivity contribution in [3.8, 4) is 0 Å². The van der Waals surface area contributed by atoms with Crippen molar-refractivity contribution in [1.29, 1.82) is 0 Å². The molecule has 2 aromatic rings. The summed E-state index contributed by atoms with van der Waals surface area (Å²) < 4.78 is 14.8. The summed E-state index contributed by atoms with van der Waals surface area (Å²) in [6.45, 7) is 0. The quantitative estimate of drug-likeness (QED) is 0.809. The molecule has 0 aliphatic heterocycles. The lowest BCUT2D eigenvalue weighted by Crippen LogP contribution is -2.19. The van der Waals surface area contributed by atoms with Crippen molar-refractivity contribution in [3.05, 3.63) is 52.2 Å². The standard InChI is InChI=1S/C13H10BFN2O3/c1-17-6-8(13(19)20)11(5-12(17)18)16-10-3-2-7(14)4-9(10)15/h2-6,16H,1H3,(H,19,20). The van der Waals surface area contributed by atoms with Gasteiger partial charge in [0.2, 0.25) is 0 Å². The van der Waals surface area contributed by atoms with Gasteiger partial charge in [0.05, 0.1) is 16.9 Å². The van der Waals surface area contributed by atoms with Crippen molar-refractivity contribution in [1.82, 2.24) is 4.57 Å². The van der Waals surface area contributed by atoms with Gasteiger partial charge in [-0.3, -0.25) is 4.79 Å². The number of anilines is 2. The molecule has 1 aromatic heterocycles. The smallest absolute Gasteiger partial charge is 0.339 e. The van der Waals surface area contributed by atoms with Crippen molar-refractivity contribution in [2.45, 2.75) is 0 Å². The Bertz CT molecular complexity index is 743. The van der Waals surface area contributed by atoms with Crippen LogP contribution < -0.4 is 16.3 Å².